The molecule has 6 nitrogen and oxygen atoms in total. The SMILES string of the molecule is O=S(=O)(NC[C@H](c1ccco1)S(=O)(=O)c1ccccc1)c1ccccc1. The molecule has 0 unspecified atom stereocenters. The van der Waals surface area contributed by atoms with Gasteiger partial charge in [0.15, 0.2) is 9.84 Å². The van der Waals surface area contributed by atoms with Crippen molar-refractivity contribution in [3.8, 4) is 0 Å². The molecule has 0 saturated carbocycles. The van der Waals surface area contributed by atoms with Crippen molar-refractivity contribution in [3.63, 3.8) is 0 Å². The van der Waals surface area contributed by atoms with Crippen LogP contribution in [0, 0.1) is 0 Å². The highest BCUT2D eigenvalue weighted by Gasteiger charge is 2.32. The standard InChI is InChI=1S/C18H17NO5S2/c20-25(21,15-8-3-1-4-9-15)18(17-12-7-13-24-17)14-19-26(22,23)16-10-5-2-6-11-16/h1-13,18-19H,14H2/t18-/m1/s1. The molecule has 2 aromatic carbocycles. The molecular formula is C18H17NO5S2. The molecule has 0 amide bonds. The third-order valence-electron chi connectivity index (χ3n) is 3.82. The van der Waals surface area contributed by atoms with Gasteiger partial charge in [0.25, 0.3) is 0 Å². The van der Waals surface area contributed by atoms with E-state index in [1.54, 1.807) is 42.5 Å². The lowest BCUT2D eigenvalue weighted by Crippen LogP contribution is -2.31. The largest absolute Gasteiger partial charge is 0.468 e. The number of rotatable bonds is 7. The van der Waals surface area contributed by atoms with Gasteiger partial charge in [-0.1, -0.05) is 36.4 Å². The Bertz CT molecular complexity index is 1050. The number of sulfone groups is 1. The van der Waals surface area contributed by atoms with Gasteiger partial charge in [-0.15, -0.1) is 0 Å². The molecule has 0 radical (unpaired) electrons. The van der Waals surface area contributed by atoms with Gasteiger partial charge in [-0.2, -0.15) is 0 Å². The smallest absolute Gasteiger partial charge is 0.240 e. The Morgan fingerprint density at radius 3 is 1.88 bits per heavy atom. The Balaban J connectivity index is 1.92. The highest BCUT2D eigenvalue weighted by molar-refractivity contribution is 7.92. The van der Waals surface area contributed by atoms with E-state index in [2.05, 4.69) is 4.72 Å². The maximum atomic E-state index is 13.0. The fourth-order valence-corrected chi connectivity index (χ4v) is 5.26. The van der Waals surface area contributed by atoms with Crippen LogP contribution < -0.4 is 4.72 Å². The average Bonchev–Trinajstić information content (AvgIpc) is 3.17. The van der Waals surface area contributed by atoms with E-state index in [4.69, 9.17) is 4.42 Å². The summed E-state index contributed by atoms with van der Waals surface area (Å²) in [5.41, 5.74) is 0. The zero-order chi connectivity index (χ0) is 18.6. The number of hydrogen-bond acceptors (Lipinski definition) is 5. The van der Waals surface area contributed by atoms with Gasteiger partial charge in [-0.3, -0.25) is 0 Å². The summed E-state index contributed by atoms with van der Waals surface area (Å²) in [5.74, 6) is 0.171. The summed E-state index contributed by atoms with van der Waals surface area (Å²) < 4.78 is 58.5. The normalized spacial score (nSPS) is 13.4. The second kappa shape index (κ2) is 7.45. The summed E-state index contributed by atoms with van der Waals surface area (Å²) >= 11 is 0. The van der Waals surface area contributed by atoms with E-state index in [9.17, 15) is 16.8 Å². The molecule has 3 rings (SSSR count). The highest BCUT2D eigenvalue weighted by Crippen LogP contribution is 2.29. The molecule has 0 saturated heterocycles. The van der Waals surface area contributed by atoms with Crippen LogP contribution in [0.3, 0.4) is 0 Å². The van der Waals surface area contributed by atoms with Crippen LogP contribution in [-0.2, 0) is 19.9 Å². The molecular weight excluding hydrogens is 374 g/mol. The fourth-order valence-electron chi connectivity index (χ4n) is 2.48. The van der Waals surface area contributed by atoms with Gasteiger partial charge in [0.2, 0.25) is 10.0 Å². The zero-order valence-corrected chi connectivity index (χ0v) is 15.3. The van der Waals surface area contributed by atoms with E-state index in [-0.39, 0.29) is 22.1 Å². The number of benzene rings is 2. The van der Waals surface area contributed by atoms with Crippen molar-refractivity contribution in [1.29, 1.82) is 0 Å². The summed E-state index contributed by atoms with van der Waals surface area (Å²) in [6.45, 7) is -0.345. The van der Waals surface area contributed by atoms with Crippen LogP contribution in [0.1, 0.15) is 11.0 Å². The van der Waals surface area contributed by atoms with Crippen molar-refractivity contribution in [1.82, 2.24) is 4.72 Å². The van der Waals surface area contributed by atoms with E-state index >= 15 is 0 Å². The van der Waals surface area contributed by atoms with Crippen molar-refractivity contribution in [3.05, 3.63) is 84.8 Å². The summed E-state index contributed by atoms with van der Waals surface area (Å²) in [5, 5.41) is -1.18. The van der Waals surface area contributed by atoms with Crippen molar-refractivity contribution in [2.45, 2.75) is 15.0 Å². The van der Waals surface area contributed by atoms with E-state index < -0.39 is 25.1 Å². The number of furan rings is 1. The lowest BCUT2D eigenvalue weighted by atomic mass is 10.3. The van der Waals surface area contributed by atoms with Crippen molar-refractivity contribution >= 4 is 19.9 Å². The first-order chi connectivity index (χ1) is 12.4. The molecule has 0 aliphatic rings. The summed E-state index contributed by atoms with van der Waals surface area (Å²) in [6, 6.07) is 18.7. The minimum Gasteiger partial charge on any atom is -0.468 e. The van der Waals surface area contributed by atoms with Crippen LogP contribution in [0.15, 0.2) is 93.3 Å². The predicted octanol–water partition coefficient (Wildman–Crippen LogP) is 2.77. The predicted molar refractivity (Wildman–Crippen MR) is 96.7 cm³/mol. The Kier molecular flexibility index (Phi) is 5.26. The summed E-state index contributed by atoms with van der Waals surface area (Å²) in [4.78, 5) is 0.163. The highest BCUT2D eigenvalue weighted by atomic mass is 32.2. The van der Waals surface area contributed by atoms with Crippen LogP contribution in [0.2, 0.25) is 0 Å². The second-order valence-corrected chi connectivity index (χ2v) is 9.42. The number of hydrogen-bond donors (Lipinski definition) is 1. The van der Waals surface area contributed by atoms with E-state index in [0.29, 0.717) is 0 Å². The molecule has 8 heteroatoms. The van der Waals surface area contributed by atoms with Crippen LogP contribution in [-0.4, -0.2) is 23.4 Å². The van der Waals surface area contributed by atoms with Crippen molar-refractivity contribution in [2.24, 2.45) is 0 Å². The van der Waals surface area contributed by atoms with Gasteiger partial charge in [0.1, 0.15) is 11.0 Å². The number of nitrogens with one attached hydrogen (secondary N) is 1. The Labute approximate surface area is 152 Å². The molecule has 26 heavy (non-hydrogen) atoms. The zero-order valence-electron chi connectivity index (χ0n) is 13.6. The van der Waals surface area contributed by atoms with E-state index in [1.165, 1.54) is 36.6 Å². The molecule has 0 aliphatic carbocycles. The second-order valence-electron chi connectivity index (χ2n) is 5.53. The molecule has 1 atom stereocenters. The van der Waals surface area contributed by atoms with Crippen molar-refractivity contribution < 1.29 is 21.3 Å². The topological polar surface area (TPSA) is 93.4 Å². The maximum absolute atomic E-state index is 13.0. The lowest BCUT2D eigenvalue weighted by molar-refractivity contribution is 0.486. The van der Waals surface area contributed by atoms with E-state index in [0.717, 1.165) is 0 Å². The molecule has 0 spiro atoms. The Morgan fingerprint density at radius 2 is 1.35 bits per heavy atom. The van der Waals surface area contributed by atoms with Crippen LogP contribution >= 0.6 is 0 Å². The molecule has 1 N–H and O–H groups in total. The number of sulfonamides is 1. The summed E-state index contributed by atoms with van der Waals surface area (Å²) in [6.07, 6.45) is 1.36. The summed E-state index contributed by atoms with van der Waals surface area (Å²) in [7, 11) is -7.69. The minimum atomic E-state index is -3.85. The molecule has 0 aliphatic heterocycles. The Hall–Kier alpha value is -2.42. The molecule has 0 fully saturated rings. The third-order valence-corrected chi connectivity index (χ3v) is 7.34. The minimum absolute atomic E-state index is 0.0651. The van der Waals surface area contributed by atoms with Crippen LogP contribution in [0.4, 0.5) is 0 Å². The molecule has 3 aromatic rings. The quantitative estimate of drug-likeness (QED) is 0.668. The van der Waals surface area contributed by atoms with Crippen LogP contribution in [0.25, 0.3) is 0 Å². The van der Waals surface area contributed by atoms with Gasteiger partial charge < -0.3 is 4.42 Å². The maximum Gasteiger partial charge on any atom is 0.240 e. The first kappa shape index (κ1) is 18.4. The first-order valence-corrected chi connectivity index (χ1v) is 10.8. The molecule has 0 bridgehead atoms. The van der Waals surface area contributed by atoms with E-state index in [1.807, 2.05) is 0 Å². The molecule has 1 heterocycles. The monoisotopic (exact) mass is 391 g/mol. The first-order valence-electron chi connectivity index (χ1n) is 7.78. The van der Waals surface area contributed by atoms with Crippen molar-refractivity contribution in [2.75, 3.05) is 6.54 Å². The Morgan fingerprint density at radius 1 is 0.769 bits per heavy atom. The average molecular weight is 391 g/mol. The lowest BCUT2D eigenvalue weighted by Gasteiger charge is -2.17. The molecule has 1 aromatic heterocycles. The van der Waals surface area contributed by atoms with Gasteiger partial charge >= 0.3 is 0 Å². The van der Waals surface area contributed by atoms with Gasteiger partial charge in [0, 0.05) is 6.54 Å². The molecule has 136 valence electrons. The third kappa shape index (κ3) is 3.87. The van der Waals surface area contributed by atoms with Gasteiger partial charge in [-0.05, 0) is 36.4 Å². The van der Waals surface area contributed by atoms with Gasteiger partial charge in [0.05, 0.1) is 16.1 Å². The van der Waals surface area contributed by atoms with Gasteiger partial charge in [-0.25, -0.2) is 21.6 Å². The fraction of sp³-hybridized carbons (Fsp3) is 0.111. The van der Waals surface area contributed by atoms with Crippen LogP contribution in [0.5, 0.6) is 0 Å².